The van der Waals surface area contributed by atoms with Crippen LogP contribution in [0.1, 0.15) is 16.7 Å². The van der Waals surface area contributed by atoms with Crippen LogP contribution in [-0.4, -0.2) is 58.2 Å². The minimum absolute atomic E-state index is 0.0119. The van der Waals surface area contributed by atoms with Gasteiger partial charge in [0.05, 0.1) is 0 Å². The third-order valence-corrected chi connectivity index (χ3v) is 7.19. The molecule has 0 saturated carbocycles. The Kier molecular flexibility index (Phi) is 6.25. The van der Waals surface area contributed by atoms with Crippen LogP contribution in [0, 0.1) is 20.8 Å². The topological polar surface area (TPSA) is 80.0 Å². The Labute approximate surface area is 207 Å². The van der Waals surface area contributed by atoms with Crippen molar-refractivity contribution in [3.05, 3.63) is 75.6 Å². The van der Waals surface area contributed by atoms with Crippen molar-refractivity contribution in [2.24, 2.45) is 0 Å². The van der Waals surface area contributed by atoms with Crippen LogP contribution < -0.4 is 15.2 Å². The standard InChI is InChI=1S/C26H27N5O3S/c1-17-8-9-21(19(3)14-17)34-16-24(33)30-12-10-29(11-13-30)22-15-23(32)31-26(27-22)35-25(28-31)20-7-5-4-6-18(20)2/h4-9,14-15H,10-13,16H2,1-3H3. The Morgan fingerprint density at radius 2 is 1.77 bits per heavy atom. The molecule has 0 bridgehead atoms. The first kappa shape index (κ1) is 23.0. The quantitative estimate of drug-likeness (QED) is 0.427. The van der Waals surface area contributed by atoms with Crippen LogP contribution in [0.5, 0.6) is 5.75 Å². The van der Waals surface area contributed by atoms with E-state index >= 15 is 0 Å². The summed E-state index contributed by atoms with van der Waals surface area (Å²) in [6.45, 7) is 8.34. The molecule has 3 heterocycles. The van der Waals surface area contributed by atoms with Crippen molar-refractivity contribution in [3.63, 3.8) is 0 Å². The zero-order valence-corrected chi connectivity index (χ0v) is 20.8. The van der Waals surface area contributed by atoms with Crippen LogP contribution in [0.4, 0.5) is 5.82 Å². The number of fused-ring (bicyclic) bond motifs is 1. The molecule has 0 unspecified atom stereocenters. The van der Waals surface area contributed by atoms with Crippen LogP contribution in [0.2, 0.25) is 0 Å². The Morgan fingerprint density at radius 3 is 2.51 bits per heavy atom. The van der Waals surface area contributed by atoms with Crippen molar-refractivity contribution in [3.8, 4) is 16.3 Å². The number of ether oxygens (including phenoxy) is 1. The predicted molar refractivity (Wildman–Crippen MR) is 138 cm³/mol. The normalized spacial score (nSPS) is 13.9. The van der Waals surface area contributed by atoms with Crippen LogP contribution in [-0.2, 0) is 4.79 Å². The lowest BCUT2D eigenvalue weighted by molar-refractivity contribution is -0.133. The van der Waals surface area contributed by atoms with Gasteiger partial charge in [-0.1, -0.05) is 53.3 Å². The van der Waals surface area contributed by atoms with Gasteiger partial charge in [0, 0.05) is 37.8 Å². The van der Waals surface area contributed by atoms with Crippen molar-refractivity contribution in [1.29, 1.82) is 0 Å². The van der Waals surface area contributed by atoms with Crippen molar-refractivity contribution in [2.45, 2.75) is 20.8 Å². The highest BCUT2D eigenvalue weighted by atomic mass is 32.1. The van der Waals surface area contributed by atoms with Gasteiger partial charge in [0.25, 0.3) is 11.5 Å². The van der Waals surface area contributed by atoms with E-state index in [0.717, 1.165) is 33.0 Å². The van der Waals surface area contributed by atoms with Crippen LogP contribution in [0.25, 0.3) is 15.5 Å². The lowest BCUT2D eigenvalue weighted by Crippen LogP contribution is -2.50. The van der Waals surface area contributed by atoms with Crippen LogP contribution in [0.3, 0.4) is 0 Å². The van der Waals surface area contributed by atoms with E-state index in [1.54, 1.807) is 4.90 Å². The molecule has 0 aliphatic carbocycles. The van der Waals surface area contributed by atoms with E-state index in [0.29, 0.717) is 37.0 Å². The van der Waals surface area contributed by atoms with Crippen molar-refractivity contribution < 1.29 is 9.53 Å². The molecule has 1 saturated heterocycles. The highest BCUT2D eigenvalue weighted by Crippen LogP contribution is 2.28. The second-order valence-electron chi connectivity index (χ2n) is 8.79. The SMILES string of the molecule is Cc1ccc(OCC(=O)N2CCN(c3cc(=O)n4nc(-c5ccccc5C)sc4n3)CC2)c(C)c1. The minimum Gasteiger partial charge on any atom is -0.484 e. The molecule has 2 aromatic carbocycles. The van der Waals surface area contributed by atoms with E-state index in [4.69, 9.17) is 9.72 Å². The van der Waals surface area contributed by atoms with E-state index in [1.165, 1.54) is 21.9 Å². The lowest BCUT2D eigenvalue weighted by atomic mass is 10.1. The molecular weight excluding hydrogens is 462 g/mol. The molecule has 0 N–H and O–H groups in total. The Balaban J connectivity index is 1.25. The summed E-state index contributed by atoms with van der Waals surface area (Å²) in [6, 6.07) is 15.4. The molecule has 180 valence electrons. The fourth-order valence-corrected chi connectivity index (χ4v) is 5.25. The third kappa shape index (κ3) is 4.77. The molecule has 1 aliphatic heterocycles. The van der Waals surface area contributed by atoms with Gasteiger partial charge in [0.2, 0.25) is 4.96 Å². The third-order valence-electron chi connectivity index (χ3n) is 6.24. The molecule has 8 nitrogen and oxygen atoms in total. The predicted octanol–water partition coefficient (Wildman–Crippen LogP) is 3.47. The van der Waals surface area contributed by atoms with Crippen molar-refractivity contribution in [2.75, 3.05) is 37.7 Å². The Hall–Kier alpha value is -3.72. The largest absolute Gasteiger partial charge is 0.484 e. The number of carbonyl (C=O) groups excluding carboxylic acids is 1. The van der Waals surface area contributed by atoms with Gasteiger partial charge >= 0.3 is 0 Å². The number of piperazine rings is 1. The molecule has 5 rings (SSSR count). The van der Waals surface area contributed by atoms with E-state index < -0.39 is 0 Å². The zero-order valence-electron chi connectivity index (χ0n) is 20.0. The van der Waals surface area contributed by atoms with Gasteiger partial charge in [-0.2, -0.15) is 9.61 Å². The fraction of sp³-hybridized carbons (Fsp3) is 0.308. The van der Waals surface area contributed by atoms with Gasteiger partial charge in [0.15, 0.2) is 6.61 Å². The number of rotatable bonds is 5. The van der Waals surface area contributed by atoms with Gasteiger partial charge in [-0.25, -0.2) is 4.98 Å². The van der Waals surface area contributed by atoms with Crippen LogP contribution >= 0.6 is 11.3 Å². The average molecular weight is 490 g/mol. The minimum atomic E-state index is -0.207. The number of aromatic nitrogens is 3. The van der Waals surface area contributed by atoms with E-state index in [2.05, 4.69) is 5.10 Å². The number of amides is 1. The van der Waals surface area contributed by atoms with Gasteiger partial charge in [-0.15, -0.1) is 0 Å². The first-order valence-electron chi connectivity index (χ1n) is 11.6. The van der Waals surface area contributed by atoms with Gasteiger partial charge < -0.3 is 14.5 Å². The molecule has 4 aromatic rings. The van der Waals surface area contributed by atoms with E-state index in [-0.39, 0.29) is 18.1 Å². The first-order valence-corrected chi connectivity index (χ1v) is 12.4. The van der Waals surface area contributed by atoms with Crippen molar-refractivity contribution >= 4 is 28.0 Å². The first-order chi connectivity index (χ1) is 16.9. The second kappa shape index (κ2) is 9.50. The zero-order chi connectivity index (χ0) is 24.5. The number of nitrogens with zero attached hydrogens (tertiary/aromatic N) is 5. The molecule has 1 fully saturated rings. The van der Waals surface area contributed by atoms with E-state index in [9.17, 15) is 9.59 Å². The molecule has 0 radical (unpaired) electrons. The molecule has 0 spiro atoms. The molecule has 2 aromatic heterocycles. The smallest absolute Gasteiger partial charge is 0.277 e. The maximum absolute atomic E-state index is 12.8. The molecule has 1 aliphatic rings. The number of benzene rings is 2. The average Bonchev–Trinajstić information content (AvgIpc) is 3.28. The number of aryl methyl sites for hydroxylation is 3. The Bertz CT molecular complexity index is 1450. The maximum Gasteiger partial charge on any atom is 0.277 e. The molecule has 0 atom stereocenters. The number of hydrogen-bond acceptors (Lipinski definition) is 7. The summed E-state index contributed by atoms with van der Waals surface area (Å²) in [5, 5.41) is 5.26. The summed E-state index contributed by atoms with van der Waals surface area (Å²) in [5.74, 6) is 1.31. The number of carbonyl (C=O) groups is 1. The fourth-order valence-electron chi connectivity index (χ4n) is 4.26. The highest BCUT2D eigenvalue weighted by Gasteiger charge is 2.23. The summed E-state index contributed by atoms with van der Waals surface area (Å²) < 4.78 is 7.12. The van der Waals surface area contributed by atoms with E-state index in [1.807, 2.05) is 68.1 Å². The lowest BCUT2D eigenvalue weighted by Gasteiger charge is -2.35. The summed E-state index contributed by atoms with van der Waals surface area (Å²) in [6.07, 6.45) is 0. The molecule has 1 amide bonds. The van der Waals surface area contributed by atoms with Gasteiger partial charge in [-0.3, -0.25) is 9.59 Å². The maximum atomic E-state index is 12.8. The highest BCUT2D eigenvalue weighted by molar-refractivity contribution is 7.19. The van der Waals surface area contributed by atoms with Crippen LogP contribution in [0.15, 0.2) is 53.3 Å². The molecular formula is C26H27N5O3S. The second-order valence-corrected chi connectivity index (χ2v) is 9.75. The number of hydrogen-bond donors (Lipinski definition) is 0. The van der Waals surface area contributed by atoms with Gasteiger partial charge in [0.1, 0.15) is 16.6 Å². The monoisotopic (exact) mass is 489 g/mol. The van der Waals surface area contributed by atoms with Gasteiger partial charge in [-0.05, 0) is 38.0 Å². The number of anilines is 1. The molecule has 9 heteroatoms. The summed E-state index contributed by atoms with van der Waals surface area (Å²) in [5.41, 5.74) is 4.07. The summed E-state index contributed by atoms with van der Waals surface area (Å²) in [4.78, 5) is 34.6. The Morgan fingerprint density at radius 1 is 1.00 bits per heavy atom. The van der Waals surface area contributed by atoms with Crippen molar-refractivity contribution in [1.82, 2.24) is 19.5 Å². The summed E-state index contributed by atoms with van der Waals surface area (Å²) in [7, 11) is 0. The summed E-state index contributed by atoms with van der Waals surface area (Å²) >= 11 is 1.40. The molecule has 35 heavy (non-hydrogen) atoms.